The maximum Gasteiger partial charge on any atom is 0.129 e. The summed E-state index contributed by atoms with van der Waals surface area (Å²) in [6.45, 7) is 3.40. The summed E-state index contributed by atoms with van der Waals surface area (Å²) in [6.07, 6.45) is 0. The molecule has 1 aromatic heterocycles. The molecule has 1 aliphatic heterocycles. The van der Waals surface area contributed by atoms with Crippen LogP contribution in [0.25, 0.3) is 10.9 Å². The summed E-state index contributed by atoms with van der Waals surface area (Å²) >= 11 is 0. The molecule has 3 rings (SSSR count). The molecule has 1 saturated heterocycles. The standard InChI is InChI=1S/C14H16N2O2/c17-10-11-1-3-13-12(9-11)2-4-14(15-13)16-5-7-18-8-6-16/h1-4,9,17H,5-8,10H2. The van der Waals surface area contributed by atoms with Crippen LogP contribution in [0, 0.1) is 0 Å². The zero-order chi connectivity index (χ0) is 12.4. The van der Waals surface area contributed by atoms with E-state index in [1.165, 1.54) is 0 Å². The van der Waals surface area contributed by atoms with Crippen LogP contribution < -0.4 is 4.90 Å². The molecule has 1 N–H and O–H groups in total. The number of aliphatic hydroxyl groups excluding tert-OH is 1. The first kappa shape index (κ1) is 11.4. The maximum absolute atomic E-state index is 9.11. The molecule has 0 amide bonds. The normalized spacial score (nSPS) is 16.2. The van der Waals surface area contributed by atoms with Crippen molar-refractivity contribution in [2.24, 2.45) is 0 Å². The highest BCUT2D eigenvalue weighted by Crippen LogP contribution is 2.20. The predicted molar refractivity (Wildman–Crippen MR) is 70.7 cm³/mol. The molecule has 18 heavy (non-hydrogen) atoms. The molecule has 4 heteroatoms. The number of benzene rings is 1. The predicted octanol–water partition coefficient (Wildman–Crippen LogP) is 1.56. The van der Waals surface area contributed by atoms with E-state index in [4.69, 9.17) is 9.84 Å². The fraction of sp³-hybridized carbons (Fsp3) is 0.357. The second-order valence-corrected chi connectivity index (χ2v) is 4.45. The average Bonchev–Trinajstić information content (AvgIpc) is 2.47. The summed E-state index contributed by atoms with van der Waals surface area (Å²) in [5.74, 6) is 1.00. The molecule has 0 radical (unpaired) electrons. The van der Waals surface area contributed by atoms with Crippen LogP contribution in [0.15, 0.2) is 30.3 Å². The highest BCUT2D eigenvalue weighted by Gasteiger charge is 2.12. The van der Waals surface area contributed by atoms with E-state index in [0.29, 0.717) is 0 Å². The minimum atomic E-state index is 0.0706. The zero-order valence-electron chi connectivity index (χ0n) is 10.2. The third-order valence-electron chi connectivity index (χ3n) is 3.26. The molecule has 0 bridgehead atoms. The molecular weight excluding hydrogens is 228 g/mol. The van der Waals surface area contributed by atoms with Gasteiger partial charge in [0.1, 0.15) is 5.82 Å². The molecule has 0 unspecified atom stereocenters. The SMILES string of the molecule is OCc1ccc2nc(N3CCOCC3)ccc2c1. The van der Waals surface area contributed by atoms with Gasteiger partial charge in [0.15, 0.2) is 0 Å². The van der Waals surface area contributed by atoms with Gasteiger partial charge in [-0.1, -0.05) is 6.07 Å². The quantitative estimate of drug-likeness (QED) is 0.871. The number of ether oxygens (including phenoxy) is 1. The number of hydrogen-bond acceptors (Lipinski definition) is 4. The Labute approximate surface area is 106 Å². The van der Waals surface area contributed by atoms with Crippen molar-refractivity contribution in [3.05, 3.63) is 35.9 Å². The monoisotopic (exact) mass is 244 g/mol. The van der Waals surface area contributed by atoms with E-state index in [9.17, 15) is 0 Å². The van der Waals surface area contributed by atoms with Crippen molar-refractivity contribution in [1.82, 2.24) is 4.98 Å². The number of fused-ring (bicyclic) bond motifs is 1. The topological polar surface area (TPSA) is 45.6 Å². The van der Waals surface area contributed by atoms with Gasteiger partial charge in [-0.25, -0.2) is 4.98 Å². The van der Waals surface area contributed by atoms with Crippen LogP contribution in [0.5, 0.6) is 0 Å². The van der Waals surface area contributed by atoms with Gasteiger partial charge >= 0.3 is 0 Å². The van der Waals surface area contributed by atoms with Crippen LogP contribution in [-0.4, -0.2) is 36.4 Å². The van der Waals surface area contributed by atoms with Crippen molar-refractivity contribution in [2.45, 2.75) is 6.61 Å². The van der Waals surface area contributed by atoms with Gasteiger partial charge in [0.05, 0.1) is 25.3 Å². The third kappa shape index (κ3) is 2.17. The van der Waals surface area contributed by atoms with Crippen molar-refractivity contribution in [3.63, 3.8) is 0 Å². The molecule has 2 heterocycles. The molecule has 1 aromatic carbocycles. The average molecular weight is 244 g/mol. The number of nitrogens with zero attached hydrogens (tertiary/aromatic N) is 2. The number of anilines is 1. The Bertz CT molecular complexity index is 550. The zero-order valence-corrected chi connectivity index (χ0v) is 10.2. The molecule has 1 aliphatic rings. The molecule has 0 saturated carbocycles. The van der Waals surface area contributed by atoms with Gasteiger partial charge in [-0.3, -0.25) is 0 Å². The smallest absolute Gasteiger partial charge is 0.129 e. The van der Waals surface area contributed by atoms with E-state index in [1.807, 2.05) is 24.3 Å². The molecule has 0 atom stereocenters. The van der Waals surface area contributed by atoms with Crippen molar-refractivity contribution in [1.29, 1.82) is 0 Å². The number of hydrogen-bond donors (Lipinski definition) is 1. The van der Waals surface area contributed by atoms with Gasteiger partial charge in [0.25, 0.3) is 0 Å². The summed E-state index contributed by atoms with van der Waals surface area (Å²) in [4.78, 5) is 6.90. The molecule has 2 aromatic rings. The molecule has 1 fully saturated rings. The number of aliphatic hydroxyl groups is 1. The van der Waals surface area contributed by atoms with Gasteiger partial charge in [-0.15, -0.1) is 0 Å². The van der Waals surface area contributed by atoms with Gasteiger partial charge in [-0.2, -0.15) is 0 Å². The van der Waals surface area contributed by atoms with Crippen LogP contribution >= 0.6 is 0 Å². The highest BCUT2D eigenvalue weighted by molar-refractivity contribution is 5.81. The van der Waals surface area contributed by atoms with E-state index in [1.54, 1.807) is 0 Å². The Balaban J connectivity index is 1.95. The summed E-state index contributed by atoms with van der Waals surface area (Å²) in [5, 5.41) is 10.2. The summed E-state index contributed by atoms with van der Waals surface area (Å²) in [6, 6.07) is 9.95. The van der Waals surface area contributed by atoms with Gasteiger partial charge in [0.2, 0.25) is 0 Å². The maximum atomic E-state index is 9.11. The Morgan fingerprint density at radius 2 is 2.00 bits per heavy atom. The molecule has 4 nitrogen and oxygen atoms in total. The lowest BCUT2D eigenvalue weighted by Gasteiger charge is -2.27. The van der Waals surface area contributed by atoms with E-state index < -0.39 is 0 Å². The van der Waals surface area contributed by atoms with Crippen LogP contribution in [0.3, 0.4) is 0 Å². The van der Waals surface area contributed by atoms with E-state index in [0.717, 1.165) is 48.6 Å². The number of pyridine rings is 1. The lowest BCUT2D eigenvalue weighted by Crippen LogP contribution is -2.36. The molecular formula is C14H16N2O2. The Morgan fingerprint density at radius 3 is 2.78 bits per heavy atom. The van der Waals surface area contributed by atoms with Crippen molar-refractivity contribution < 1.29 is 9.84 Å². The van der Waals surface area contributed by atoms with Crippen molar-refractivity contribution in [3.8, 4) is 0 Å². The van der Waals surface area contributed by atoms with E-state index >= 15 is 0 Å². The van der Waals surface area contributed by atoms with Crippen LogP contribution in [-0.2, 0) is 11.3 Å². The minimum Gasteiger partial charge on any atom is -0.392 e. The van der Waals surface area contributed by atoms with E-state index in [-0.39, 0.29) is 6.61 Å². The third-order valence-corrected chi connectivity index (χ3v) is 3.26. The second-order valence-electron chi connectivity index (χ2n) is 4.45. The minimum absolute atomic E-state index is 0.0706. The van der Waals surface area contributed by atoms with Crippen molar-refractivity contribution in [2.75, 3.05) is 31.2 Å². The second kappa shape index (κ2) is 4.92. The number of aromatic nitrogens is 1. The Hall–Kier alpha value is -1.65. The first-order valence-corrected chi connectivity index (χ1v) is 6.20. The molecule has 0 spiro atoms. The van der Waals surface area contributed by atoms with E-state index in [2.05, 4.69) is 16.0 Å². The highest BCUT2D eigenvalue weighted by atomic mass is 16.5. The van der Waals surface area contributed by atoms with Gasteiger partial charge in [0, 0.05) is 18.5 Å². The lowest BCUT2D eigenvalue weighted by molar-refractivity contribution is 0.122. The number of morpholine rings is 1. The fourth-order valence-corrected chi connectivity index (χ4v) is 2.23. The fourth-order valence-electron chi connectivity index (χ4n) is 2.23. The molecule has 94 valence electrons. The Morgan fingerprint density at radius 1 is 1.17 bits per heavy atom. The van der Waals surface area contributed by atoms with Crippen LogP contribution in [0.1, 0.15) is 5.56 Å². The van der Waals surface area contributed by atoms with Crippen LogP contribution in [0.4, 0.5) is 5.82 Å². The van der Waals surface area contributed by atoms with Gasteiger partial charge in [-0.05, 0) is 29.8 Å². The summed E-state index contributed by atoms with van der Waals surface area (Å²) in [5.41, 5.74) is 1.89. The number of rotatable bonds is 2. The largest absolute Gasteiger partial charge is 0.392 e. The Kier molecular flexibility index (Phi) is 3.13. The van der Waals surface area contributed by atoms with Gasteiger partial charge < -0.3 is 14.7 Å². The van der Waals surface area contributed by atoms with Crippen molar-refractivity contribution >= 4 is 16.7 Å². The lowest BCUT2D eigenvalue weighted by atomic mass is 10.1. The molecule has 0 aliphatic carbocycles. The first-order chi connectivity index (χ1) is 8.86. The summed E-state index contributed by atoms with van der Waals surface area (Å²) in [7, 11) is 0. The first-order valence-electron chi connectivity index (χ1n) is 6.20. The van der Waals surface area contributed by atoms with Crippen LogP contribution in [0.2, 0.25) is 0 Å². The summed E-state index contributed by atoms with van der Waals surface area (Å²) < 4.78 is 5.34.